The van der Waals surface area contributed by atoms with Crippen molar-refractivity contribution in [3.63, 3.8) is 0 Å². The Hall–Kier alpha value is -0.650. The van der Waals surface area contributed by atoms with Crippen LogP contribution in [0.15, 0.2) is 0 Å². The van der Waals surface area contributed by atoms with Gasteiger partial charge >= 0.3 is 0 Å². The molecule has 0 saturated carbocycles. The Kier molecular flexibility index (Phi) is 13.6. The van der Waals surface area contributed by atoms with E-state index >= 15 is 0 Å². The molecule has 1 amide bonds. The lowest BCUT2D eigenvalue weighted by Crippen LogP contribution is -2.26. The second-order valence-corrected chi connectivity index (χ2v) is 6.16. The Bertz CT molecular complexity index is 269. The zero-order valence-corrected chi connectivity index (χ0v) is 14.9. The van der Waals surface area contributed by atoms with Crippen molar-refractivity contribution in [2.24, 2.45) is 5.41 Å². The molecular weight excluding hydrogens is 282 g/mol. The molecule has 0 atom stereocenters. The molecule has 0 radical (unpaired) electrons. The van der Waals surface area contributed by atoms with Gasteiger partial charge in [0.15, 0.2) is 0 Å². The molecule has 0 fully saturated rings. The van der Waals surface area contributed by atoms with Gasteiger partial charge in [-0.05, 0) is 18.3 Å². The van der Waals surface area contributed by atoms with Crippen molar-refractivity contribution < 1.29 is 19.0 Å². The van der Waals surface area contributed by atoms with E-state index < -0.39 is 0 Å². The summed E-state index contributed by atoms with van der Waals surface area (Å²) in [4.78, 5) is 11.0. The quantitative estimate of drug-likeness (QED) is 0.472. The van der Waals surface area contributed by atoms with E-state index in [-0.39, 0.29) is 5.91 Å². The van der Waals surface area contributed by atoms with Crippen LogP contribution in [0.1, 0.15) is 53.4 Å². The molecule has 0 aliphatic carbocycles. The lowest BCUT2D eigenvalue weighted by molar-refractivity contribution is -0.121. The highest BCUT2D eigenvalue weighted by Gasteiger charge is 2.13. The molecule has 1 N–H and O–H groups in total. The van der Waals surface area contributed by atoms with Crippen LogP contribution >= 0.6 is 0 Å². The second-order valence-electron chi connectivity index (χ2n) is 6.16. The maximum Gasteiger partial charge on any atom is 0.219 e. The summed E-state index contributed by atoms with van der Waals surface area (Å²) < 4.78 is 16.3. The van der Waals surface area contributed by atoms with Gasteiger partial charge in [0.2, 0.25) is 5.91 Å². The van der Waals surface area contributed by atoms with Crippen molar-refractivity contribution in [3.8, 4) is 0 Å². The van der Waals surface area contributed by atoms with Crippen LogP contribution in [-0.4, -0.2) is 52.1 Å². The average Bonchev–Trinajstić information content (AvgIpc) is 2.51. The zero-order chi connectivity index (χ0) is 16.7. The highest BCUT2D eigenvalue weighted by Crippen LogP contribution is 2.25. The minimum atomic E-state index is 0.0549. The number of hydrogen-bond acceptors (Lipinski definition) is 4. The maximum absolute atomic E-state index is 11.0. The van der Waals surface area contributed by atoms with Crippen molar-refractivity contribution in [2.75, 3.05) is 46.2 Å². The second kappa shape index (κ2) is 14.0. The molecule has 0 spiro atoms. The number of nitrogens with one attached hydrogen (secondary N) is 1. The molecular formula is C17H35NO4. The van der Waals surface area contributed by atoms with Crippen LogP contribution in [0.3, 0.4) is 0 Å². The fraction of sp³-hybridized carbons (Fsp3) is 0.941. The predicted octanol–water partition coefficient (Wildman–Crippen LogP) is 2.78. The van der Waals surface area contributed by atoms with E-state index in [9.17, 15) is 4.79 Å². The summed E-state index contributed by atoms with van der Waals surface area (Å²) in [6.07, 6.45) is 4.03. The first-order valence-corrected chi connectivity index (χ1v) is 8.51. The van der Waals surface area contributed by atoms with Gasteiger partial charge in [-0.15, -0.1) is 0 Å². The van der Waals surface area contributed by atoms with Gasteiger partial charge in [-0.25, -0.2) is 0 Å². The Morgan fingerprint density at radius 2 is 1.45 bits per heavy atom. The first-order chi connectivity index (χ1) is 10.5. The summed E-state index contributed by atoms with van der Waals surface area (Å²) in [6.45, 7) is 12.9. The van der Waals surface area contributed by atoms with Crippen LogP contribution in [0.25, 0.3) is 0 Å². The summed E-state index contributed by atoms with van der Waals surface area (Å²) in [5, 5.41) is 2.75. The molecule has 0 heterocycles. The van der Waals surface area contributed by atoms with E-state index in [1.807, 2.05) is 6.92 Å². The molecule has 5 nitrogen and oxygen atoms in total. The topological polar surface area (TPSA) is 56.8 Å². The van der Waals surface area contributed by atoms with Gasteiger partial charge in [0, 0.05) is 19.6 Å². The third-order valence-corrected chi connectivity index (χ3v) is 3.73. The third-order valence-electron chi connectivity index (χ3n) is 3.73. The predicted molar refractivity (Wildman–Crippen MR) is 89.1 cm³/mol. The lowest BCUT2D eigenvalue weighted by Gasteiger charge is -2.22. The van der Waals surface area contributed by atoms with Gasteiger partial charge in [0.25, 0.3) is 0 Å². The van der Waals surface area contributed by atoms with Gasteiger partial charge in [-0.2, -0.15) is 0 Å². The highest BCUT2D eigenvalue weighted by molar-refractivity contribution is 5.75. The van der Waals surface area contributed by atoms with Crippen LogP contribution in [0.4, 0.5) is 0 Å². The molecule has 0 aliphatic rings. The number of carbonyl (C=O) groups is 1. The van der Waals surface area contributed by atoms with E-state index in [0.29, 0.717) is 51.4 Å². The molecule has 0 aromatic rings. The molecule has 0 rings (SSSR count). The molecule has 0 aromatic carbocycles. The number of rotatable bonds is 15. The van der Waals surface area contributed by atoms with Crippen molar-refractivity contribution >= 4 is 5.91 Å². The first-order valence-electron chi connectivity index (χ1n) is 8.51. The zero-order valence-electron chi connectivity index (χ0n) is 14.9. The molecule has 5 heteroatoms. The number of hydrogen-bond donors (Lipinski definition) is 1. The SMILES string of the molecule is CCC(=O)NCCOCCOCCOCCCC(C)(C)CC. The smallest absolute Gasteiger partial charge is 0.219 e. The van der Waals surface area contributed by atoms with Crippen molar-refractivity contribution in [1.82, 2.24) is 5.32 Å². The van der Waals surface area contributed by atoms with E-state index in [2.05, 4.69) is 26.1 Å². The van der Waals surface area contributed by atoms with Crippen molar-refractivity contribution in [2.45, 2.75) is 53.4 Å². The molecule has 0 bridgehead atoms. The molecule has 0 unspecified atom stereocenters. The average molecular weight is 317 g/mol. The van der Waals surface area contributed by atoms with Crippen LogP contribution in [0.2, 0.25) is 0 Å². The number of ether oxygens (including phenoxy) is 3. The fourth-order valence-electron chi connectivity index (χ4n) is 1.76. The van der Waals surface area contributed by atoms with E-state index in [0.717, 1.165) is 13.0 Å². The summed E-state index contributed by atoms with van der Waals surface area (Å²) >= 11 is 0. The monoisotopic (exact) mass is 317 g/mol. The van der Waals surface area contributed by atoms with Crippen LogP contribution in [0, 0.1) is 5.41 Å². The van der Waals surface area contributed by atoms with Gasteiger partial charge in [0.05, 0.1) is 33.0 Å². The molecule has 0 aliphatic heterocycles. The Labute approximate surface area is 136 Å². The summed E-state index contributed by atoms with van der Waals surface area (Å²) in [5.41, 5.74) is 0.424. The summed E-state index contributed by atoms with van der Waals surface area (Å²) in [5.74, 6) is 0.0549. The minimum Gasteiger partial charge on any atom is -0.379 e. The lowest BCUT2D eigenvalue weighted by atomic mass is 9.85. The fourth-order valence-corrected chi connectivity index (χ4v) is 1.76. The van der Waals surface area contributed by atoms with Gasteiger partial charge in [-0.1, -0.05) is 34.1 Å². The van der Waals surface area contributed by atoms with Gasteiger partial charge < -0.3 is 19.5 Å². The van der Waals surface area contributed by atoms with E-state index in [4.69, 9.17) is 14.2 Å². The molecule has 22 heavy (non-hydrogen) atoms. The maximum atomic E-state index is 11.0. The van der Waals surface area contributed by atoms with Crippen molar-refractivity contribution in [1.29, 1.82) is 0 Å². The first kappa shape index (κ1) is 21.4. The van der Waals surface area contributed by atoms with Crippen LogP contribution < -0.4 is 5.32 Å². The third kappa shape index (κ3) is 14.3. The largest absolute Gasteiger partial charge is 0.379 e. The molecule has 0 saturated heterocycles. The summed E-state index contributed by atoms with van der Waals surface area (Å²) in [6, 6.07) is 0. The number of amides is 1. The Morgan fingerprint density at radius 1 is 0.909 bits per heavy atom. The summed E-state index contributed by atoms with van der Waals surface area (Å²) in [7, 11) is 0. The number of carbonyl (C=O) groups excluding carboxylic acids is 1. The van der Waals surface area contributed by atoms with Gasteiger partial charge in [0.1, 0.15) is 0 Å². The van der Waals surface area contributed by atoms with E-state index in [1.54, 1.807) is 0 Å². The van der Waals surface area contributed by atoms with Crippen molar-refractivity contribution in [3.05, 3.63) is 0 Å². The normalized spacial score (nSPS) is 11.6. The van der Waals surface area contributed by atoms with Crippen LogP contribution in [0.5, 0.6) is 0 Å². The van der Waals surface area contributed by atoms with Gasteiger partial charge in [-0.3, -0.25) is 4.79 Å². The standard InChI is InChI=1S/C17H35NO4/c1-5-16(19)18-9-11-21-13-15-22-14-12-20-10-7-8-17(3,4)6-2/h5-15H2,1-4H3,(H,18,19). The highest BCUT2D eigenvalue weighted by atomic mass is 16.5. The Balaban J connectivity index is 3.13. The van der Waals surface area contributed by atoms with E-state index in [1.165, 1.54) is 12.8 Å². The van der Waals surface area contributed by atoms with Crippen LogP contribution in [-0.2, 0) is 19.0 Å². The Morgan fingerprint density at radius 3 is 2.00 bits per heavy atom. The molecule has 0 aromatic heterocycles. The minimum absolute atomic E-state index is 0.0549. The molecule has 132 valence electrons.